The molecule has 0 spiro atoms. The highest BCUT2D eigenvalue weighted by molar-refractivity contribution is 7.14. The lowest BCUT2D eigenvalue weighted by Crippen LogP contribution is -2.27. The van der Waals surface area contributed by atoms with Gasteiger partial charge in [0, 0.05) is 24.0 Å². The molecule has 0 saturated heterocycles. The Balaban J connectivity index is 1.72. The van der Waals surface area contributed by atoms with E-state index >= 15 is 0 Å². The van der Waals surface area contributed by atoms with Gasteiger partial charge in [-0.05, 0) is 37.1 Å². The highest BCUT2D eigenvalue weighted by Crippen LogP contribution is 2.23. The minimum absolute atomic E-state index is 0.215. The second-order valence-electron chi connectivity index (χ2n) is 5.13. The number of halogens is 1. The molecule has 0 radical (unpaired) electrons. The maximum absolute atomic E-state index is 12.9. The van der Waals surface area contributed by atoms with E-state index in [1.165, 1.54) is 40.5 Å². The number of hydrogen-bond donors (Lipinski definition) is 1. The smallest absolute Gasteiger partial charge is 0.271 e. The third-order valence-corrected chi connectivity index (χ3v) is 4.24. The largest absolute Gasteiger partial charge is 0.348 e. The molecular formula is C15H14FN3O2S. The van der Waals surface area contributed by atoms with Gasteiger partial charge >= 0.3 is 0 Å². The second-order valence-corrected chi connectivity index (χ2v) is 5.97. The summed E-state index contributed by atoms with van der Waals surface area (Å²) in [6, 6.07) is 5.57. The molecule has 1 heterocycles. The molecule has 1 aromatic heterocycles. The zero-order chi connectivity index (χ0) is 15.7. The quantitative estimate of drug-likeness (QED) is 0.941. The molecule has 1 fully saturated rings. The number of nitrogens with one attached hydrogen (secondary N) is 1. The van der Waals surface area contributed by atoms with E-state index in [1.54, 1.807) is 12.4 Å². The van der Waals surface area contributed by atoms with Crippen LogP contribution in [0.4, 0.5) is 9.52 Å². The number of hydrogen-bond acceptors (Lipinski definition) is 4. The van der Waals surface area contributed by atoms with E-state index in [4.69, 9.17) is 0 Å². The summed E-state index contributed by atoms with van der Waals surface area (Å²) in [4.78, 5) is 29.7. The number of thiazole rings is 1. The van der Waals surface area contributed by atoms with Crippen molar-refractivity contribution in [2.75, 3.05) is 11.9 Å². The average molecular weight is 319 g/mol. The molecule has 0 atom stereocenters. The number of rotatable bonds is 4. The highest BCUT2D eigenvalue weighted by atomic mass is 32.1. The standard InChI is InChI=1S/C15H14FN3O2S/c1-19(14(21)9-2-4-10(16)5-3-9)15-18-12(8-22-15)13(20)17-11-6-7-11/h2-5,8,11H,6-7H2,1H3,(H,17,20). The molecule has 5 nitrogen and oxygen atoms in total. The van der Waals surface area contributed by atoms with Crippen LogP contribution >= 0.6 is 11.3 Å². The summed E-state index contributed by atoms with van der Waals surface area (Å²) in [5.41, 5.74) is 0.675. The Morgan fingerprint density at radius 3 is 2.64 bits per heavy atom. The number of anilines is 1. The second kappa shape index (κ2) is 5.84. The molecule has 1 saturated carbocycles. The van der Waals surface area contributed by atoms with Gasteiger partial charge in [-0.15, -0.1) is 11.3 Å². The summed E-state index contributed by atoms with van der Waals surface area (Å²) in [6.07, 6.45) is 2.01. The van der Waals surface area contributed by atoms with Gasteiger partial charge in [0.05, 0.1) is 0 Å². The molecule has 7 heteroatoms. The fourth-order valence-corrected chi connectivity index (χ4v) is 2.65. The van der Waals surface area contributed by atoms with Gasteiger partial charge in [-0.1, -0.05) is 0 Å². The van der Waals surface area contributed by atoms with E-state index in [9.17, 15) is 14.0 Å². The average Bonchev–Trinajstić information content (AvgIpc) is 3.18. The summed E-state index contributed by atoms with van der Waals surface area (Å²) in [6.45, 7) is 0. The van der Waals surface area contributed by atoms with E-state index in [2.05, 4.69) is 10.3 Å². The van der Waals surface area contributed by atoms with Crippen LogP contribution < -0.4 is 10.2 Å². The molecule has 0 unspecified atom stereocenters. The molecule has 1 aliphatic carbocycles. The molecule has 0 bridgehead atoms. The highest BCUT2D eigenvalue weighted by Gasteiger charge is 2.25. The van der Waals surface area contributed by atoms with Gasteiger partial charge in [0.2, 0.25) is 0 Å². The van der Waals surface area contributed by atoms with Crippen LogP contribution in [-0.4, -0.2) is 29.9 Å². The summed E-state index contributed by atoms with van der Waals surface area (Å²) in [7, 11) is 1.58. The van der Waals surface area contributed by atoms with Gasteiger partial charge in [0.1, 0.15) is 11.5 Å². The van der Waals surface area contributed by atoms with Crippen LogP contribution in [0.2, 0.25) is 0 Å². The van der Waals surface area contributed by atoms with Crippen molar-refractivity contribution in [2.24, 2.45) is 0 Å². The number of nitrogens with zero attached hydrogens (tertiary/aromatic N) is 2. The van der Waals surface area contributed by atoms with Crippen molar-refractivity contribution in [1.82, 2.24) is 10.3 Å². The third-order valence-electron chi connectivity index (χ3n) is 3.32. The van der Waals surface area contributed by atoms with E-state index in [-0.39, 0.29) is 17.9 Å². The zero-order valence-electron chi connectivity index (χ0n) is 11.9. The fourth-order valence-electron chi connectivity index (χ4n) is 1.88. The zero-order valence-corrected chi connectivity index (χ0v) is 12.7. The number of benzene rings is 1. The van der Waals surface area contributed by atoms with Crippen molar-refractivity contribution >= 4 is 28.3 Å². The minimum Gasteiger partial charge on any atom is -0.348 e. The lowest BCUT2D eigenvalue weighted by Gasteiger charge is -2.13. The lowest BCUT2D eigenvalue weighted by molar-refractivity contribution is 0.0944. The maximum atomic E-state index is 12.9. The number of amides is 2. The van der Waals surface area contributed by atoms with Gasteiger partial charge in [0.15, 0.2) is 5.13 Å². The van der Waals surface area contributed by atoms with Crippen molar-refractivity contribution in [2.45, 2.75) is 18.9 Å². The predicted molar refractivity (Wildman–Crippen MR) is 81.7 cm³/mol. The molecule has 3 rings (SSSR count). The predicted octanol–water partition coefficient (Wildman–Crippen LogP) is 2.45. The summed E-state index contributed by atoms with van der Waals surface area (Å²) < 4.78 is 12.9. The number of carbonyl (C=O) groups excluding carboxylic acids is 2. The Labute approximate surface area is 130 Å². The van der Waals surface area contributed by atoms with Crippen LogP contribution in [0.25, 0.3) is 0 Å². The van der Waals surface area contributed by atoms with Crippen molar-refractivity contribution in [3.63, 3.8) is 0 Å². The molecule has 22 heavy (non-hydrogen) atoms. The van der Waals surface area contributed by atoms with Crippen LogP contribution in [0, 0.1) is 5.82 Å². The minimum atomic E-state index is -0.396. The summed E-state index contributed by atoms with van der Waals surface area (Å²) in [5.74, 6) is -0.913. The van der Waals surface area contributed by atoms with Gasteiger partial charge in [0.25, 0.3) is 11.8 Å². The Hall–Kier alpha value is -2.28. The Kier molecular flexibility index (Phi) is 3.89. The summed E-state index contributed by atoms with van der Waals surface area (Å²) >= 11 is 1.22. The van der Waals surface area contributed by atoms with Crippen LogP contribution in [0.15, 0.2) is 29.6 Å². The lowest BCUT2D eigenvalue weighted by atomic mass is 10.2. The van der Waals surface area contributed by atoms with E-state index < -0.39 is 5.82 Å². The molecule has 1 aromatic carbocycles. The Morgan fingerprint density at radius 1 is 1.32 bits per heavy atom. The third kappa shape index (κ3) is 3.14. The van der Waals surface area contributed by atoms with Crippen molar-refractivity contribution in [3.8, 4) is 0 Å². The van der Waals surface area contributed by atoms with Gasteiger partial charge in [-0.2, -0.15) is 0 Å². The van der Waals surface area contributed by atoms with Crippen molar-refractivity contribution in [3.05, 3.63) is 46.7 Å². The first-order valence-corrected chi connectivity index (χ1v) is 7.72. The van der Waals surface area contributed by atoms with Crippen molar-refractivity contribution < 1.29 is 14.0 Å². The first-order chi connectivity index (χ1) is 10.5. The Morgan fingerprint density at radius 2 is 2.00 bits per heavy atom. The molecule has 1 aliphatic rings. The normalized spacial score (nSPS) is 13.7. The fraction of sp³-hybridized carbons (Fsp3) is 0.267. The van der Waals surface area contributed by atoms with Crippen molar-refractivity contribution in [1.29, 1.82) is 0 Å². The molecule has 2 amide bonds. The number of carbonyl (C=O) groups is 2. The van der Waals surface area contributed by atoms with Crippen LogP contribution in [-0.2, 0) is 0 Å². The van der Waals surface area contributed by atoms with E-state index in [0.717, 1.165) is 12.8 Å². The van der Waals surface area contributed by atoms with Crippen LogP contribution in [0.3, 0.4) is 0 Å². The monoisotopic (exact) mass is 319 g/mol. The summed E-state index contributed by atoms with van der Waals surface area (Å²) in [5, 5.41) is 4.90. The molecule has 0 aliphatic heterocycles. The van der Waals surface area contributed by atoms with Crippen LogP contribution in [0.1, 0.15) is 33.7 Å². The van der Waals surface area contributed by atoms with E-state index in [1.807, 2.05) is 0 Å². The Bertz CT molecular complexity index is 710. The van der Waals surface area contributed by atoms with E-state index in [0.29, 0.717) is 16.4 Å². The topological polar surface area (TPSA) is 62.3 Å². The maximum Gasteiger partial charge on any atom is 0.271 e. The first-order valence-electron chi connectivity index (χ1n) is 6.84. The van der Waals surface area contributed by atoms with Gasteiger partial charge in [-0.3, -0.25) is 14.5 Å². The number of aromatic nitrogens is 1. The molecule has 1 N–H and O–H groups in total. The molecule has 114 valence electrons. The molecule has 2 aromatic rings. The van der Waals surface area contributed by atoms with Gasteiger partial charge in [-0.25, -0.2) is 9.37 Å². The first kappa shape index (κ1) is 14.6. The SMILES string of the molecule is CN(C(=O)c1ccc(F)cc1)c1nc(C(=O)NC2CC2)cs1. The van der Waals surface area contributed by atoms with Gasteiger partial charge < -0.3 is 5.32 Å². The van der Waals surface area contributed by atoms with Crippen LogP contribution in [0.5, 0.6) is 0 Å². The molecular weight excluding hydrogens is 305 g/mol.